The normalized spacial score (nSPS) is 31.2. The largest absolute Gasteiger partial charge is 0.299 e. The fraction of sp³-hybridized carbons (Fsp3) is 0.909. The molecule has 1 unspecified atom stereocenters. The van der Waals surface area contributed by atoms with Crippen molar-refractivity contribution in [1.82, 2.24) is 0 Å². The van der Waals surface area contributed by atoms with E-state index < -0.39 is 0 Å². The lowest BCUT2D eigenvalue weighted by Crippen LogP contribution is -2.32. The minimum absolute atomic E-state index is 0.0203. The van der Waals surface area contributed by atoms with E-state index in [0.717, 1.165) is 25.7 Å². The molecule has 0 N–H and O–H groups in total. The van der Waals surface area contributed by atoms with Gasteiger partial charge in [0, 0.05) is 11.8 Å². The molecule has 1 rings (SSSR count). The Morgan fingerprint density at radius 1 is 1.42 bits per heavy atom. The second-order valence-electron chi connectivity index (χ2n) is 4.79. The molecule has 1 nitrogen and oxygen atoms in total. The first-order valence-corrected chi connectivity index (χ1v) is 5.08. The third-order valence-electron chi connectivity index (χ3n) is 2.91. The summed E-state index contributed by atoms with van der Waals surface area (Å²) in [6.45, 7) is 6.55. The zero-order valence-electron chi connectivity index (χ0n) is 8.52. The van der Waals surface area contributed by atoms with Gasteiger partial charge < -0.3 is 0 Å². The van der Waals surface area contributed by atoms with Gasteiger partial charge in [-0.15, -0.1) is 0 Å². The summed E-state index contributed by atoms with van der Waals surface area (Å²) in [5, 5.41) is 0. The van der Waals surface area contributed by atoms with E-state index in [1.165, 1.54) is 6.42 Å². The monoisotopic (exact) mass is 168 g/mol. The van der Waals surface area contributed by atoms with Crippen molar-refractivity contribution >= 4 is 5.78 Å². The van der Waals surface area contributed by atoms with E-state index in [1.54, 1.807) is 0 Å². The highest BCUT2D eigenvalue weighted by Gasteiger charge is 2.35. The fourth-order valence-corrected chi connectivity index (χ4v) is 2.36. The van der Waals surface area contributed by atoms with Crippen molar-refractivity contribution in [3.05, 3.63) is 0 Å². The van der Waals surface area contributed by atoms with Crippen LogP contribution in [-0.2, 0) is 4.79 Å². The van der Waals surface area contributed by atoms with Crippen LogP contribution in [0, 0.1) is 11.3 Å². The third kappa shape index (κ3) is 2.09. The van der Waals surface area contributed by atoms with Crippen LogP contribution in [0.25, 0.3) is 0 Å². The van der Waals surface area contributed by atoms with Crippen LogP contribution in [0.4, 0.5) is 0 Å². The topological polar surface area (TPSA) is 17.1 Å². The van der Waals surface area contributed by atoms with Gasteiger partial charge in [-0.1, -0.05) is 27.2 Å². The highest BCUT2D eigenvalue weighted by atomic mass is 16.1. The van der Waals surface area contributed by atoms with Crippen molar-refractivity contribution < 1.29 is 4.79 Å². The van der Waals surface area contributed by atoms with E-state index in [1.807, 2.05) is 0 Å². The van der Waals surface area contributed by atoms with E-state index in [-0.39, 0.29) is 5.41 Å². The molecule has 0 saturated heterocycles. The Balaban J connectivity index is 2.59. The van der Waals surface area contributed by atoms with Gasteiger partial charge in [-0.3, -0.25) is 4.79 Å². The zero-order valence-corrected chi connectivity index (χ0v) is 8.52. The number of carbonyl (C=O) groups is 1. The van der Waals surface area contributed by atoms with E-state index in [0.29, 0.717) is 11.7 Å². The molecule has 0 amide bonds. The summed E-state index contributed by atoms with van der Waals surface area (Å²) in [5.41, 5.74) is 0.0203. The zero-order chi connectivity index (χ0) is 9.19. The predicted octanol–water partition coefficient (Wildman–Crippen LogP) is 3.18. The molecule has 1 saturated carbocycles. The van der Waals surface area contributed by atoms with E-state index in [9.17, 15) is 4.79 Å². The first kappa shape index (κ1) is 9.76. The van der Waals surface area contributed by atoms with Crippen molar-refractivity contribution in [3.8, 4) is 0 Å². The van der Waals surface area contributed by atoms with Gasteiger partial charge in [0.1, 0.15) is 5.78 Å². The van der Waals surface area contributed by atoms with Crippen molar-refractivity contribution in [2.24, 2.45) is 11.3 Å². The van der Waals surface area contributed by atoms with Crippen LogP contribution in [0.5, 0.6) is 0 Å². The Morgan fingerprint density at radius 3 is 2.58 bits per heavy atom. The van der Waals surface area contributed by atoms with Crippen LogP contribution in [0.3, 0.4) is 0 Å². The molecule has 0 aromatic heterocycles. The summed E-state index contributed by atoms with van der Waals surface area (Å²) in [6, 6.07) is 0. The molecule has 0 radical (unpaired) electrons. The van der Waals surface area contributed by atoms with E-state index in [4.69, 9.17) is 0 Å². The van der Waals surface area contributed by atoms with E-state index >= 15 is 0 Å². The predicted molar refractivity (Wildman–Crippen MR) is 51.0 cm³/mol. The Kier molecular flexibility index (Phi) is 2.92. The molecule has 1 aliphatic rings. The van der Waals surface area contributed by atoms with Gasteiger partial charge in [-0.05, 0) is 25.2 Å². The lowest BCUT2D eigenvalue weighted by atomic mass is 9.70. The van der Waals surface area contributed by atoms with Crippen molar-refractivity contribution in [1.29, 1.82) is 0 Å². The maximum Gasteiger partial charge on any atom is 0.138 e. The first-order valence-electron chi connectivity index (χ1n) is 5.08. The van der Waals surface area contributed by atoms with Gasteiger partial charge >= 0.3 is 0 Å². The molecule has 0 spiro atoms. The summed E-state index contributed by atoms with van der Waals surface area (Å²) < 4.78 is 0. The first-order chi connectivity index (χ1) is 5.54. The highest BCUT2D eigenvalue weighted by Crippen LogP contribution is 2.37. The van der Waals surface area contributed by atoms with Crippen molar-refractivity contribution in [3.63, 3.8) is 0 Å². The van der Waals surface area contributed by atoms with Crippen LogP contribution < -0.4 is 0 Å². The number of ketones is 1. The second kappa shape index (κ2) is 3.59. The summed E-state index contributed by atoms with van der Waals surface area (Å²) in [4.78, 5) is 11.7. The SMILES string of the molecule is CC(C)CC1(C)CCCCC1=O. The minimum Gasteiger partial charge on any atom is -0.299 e. The number of carbonyl (C=O) groups excluding carboxylic acids is 1. The third-order valence-corrected chi connectivity index (χ3v) is 2.91. The van der Waals surface area contributed by atoms with E-state index in [2.05, 4.69) is 20.8 Å². The molecular weight excluding hydrogens is 148 g/mol. The molecule has 1 heteroatoms. The van der Waals surface area contributed by atoms with Crippen LogP contribution in [0.2, 0.25) is 0 Å². The molecule has 0 bridgehead atoms. The molecule has 1 fully saturated rings. The molecule has 0 aromatic carbocycles. The second-order valence-corrected chi connectivity index (χ2v) is 4.79. The average molecular weight is 168 g/mol. The van der Waals surface area contributed by atoms with Crippen LogP contribution in [0.15, 0.2) is 0 Å². The molecule has 70 valence electrons. The summed E-state index contributed by atoms with van der Waals surface area (Å²) in [5.74, 6) is 1.15. The molecule has 0 heterocycles. The van der Waals surface area contributed by atoms with Crippen molar-refractivity contribution in [2.45, 2.75) is 52.9 Å². The minimum atomic E-state index is 0.0203. The van der Waals surface area contributed by atoms with Crippen molar-refractivity contribution in [2.75, 3.05) is 0 Å². The quantitative estimate of drug-likeness (QED) is 0.619. The standard InChI is InChI=1S/C11H20O/c1-9(2)8-11(3)7-5-4-6-10(11)12/h9H,4-8H2,1-3H3. The number of hydrogen-bond donors (Lipinski definition) is 0. The Bertz CT molecular complexity index is 172. The van der Waals surface area contributed by atoms with Gasteiger partial charge in [0.15, 0.2) is 0 Å². The molecule has 1 atom stereocenters. The van der Waals surface area contributed by atoms with Gasteiger partial charge in [0.25, 0.3) is 0 Å². The Labute approximate surface area is 75.5 Å². The van der Waals surface area contributed by atoms with Gasteiger partial charge in [-0.25, -0.2) is 0 Å². The van der Waals surface area contributed by atoms with Gasteiger partial charge in [0.05, 0.1) is 0 Å². The molecule has 0 aliphatic heterocycles. The summed E-state index contributed by atoms with van der Waals surface area (Å²) >= 11 is 0. The number of rotatable bonds is 2. The lowest BCUT2D eigenvalue weighted by molar-refractivity contribution is -0.131. The molecule has 0 aromatic rings. The van der Waals surface area contributed by atoms with Crippen LogP contribution in [-0.4, -0.2) is 5.78 Å². The maximum atomic E-state index is 11.7. The Hall–Kier alpha value is -0.330. The molecule has 1 aliphatic carbocycles. The molecule has 12 heavy (non-hydrogen) atoms. The smallest absolute Gasteiger partial charge is 0.138 e. The van der Waals surface area contributed by atoms with Crippen LogP contribution >= 0.6 is 0 Å². The van der Waals surface area contributed by atoms with Gasteiger partial charge in [-0.2, -0.15) is 0 Å². The maximum absolute atomic E-state index is 11.7. The van der Waals surface area contributed by atoms with Gasteiger partial charge in [0.2, 0.25) is 0 Å². The number of hydrogen-bond acceptors (Lipinski definition) is 1. The van der Waals surface area contributed by atoms with Crippen LogP contribution in [0.1, 0.15) is 52.9 Å². The lowest BCUT2D eigenvalue weighted by Gasteiger charge is -2.33. The summed E-state index contributed by atoms with van der Waals surface area (Å²) in [7, 11) is 0. The number of Topliss-reactive ketones (excluding diaryl/α,β-unsaturated/α-hetero) is 1. The highest BCUT2D eigenvalue weighted by molar-refractivity contribution is 5.85. The average Bonchev–Trinajstić information content (AvgIpc) is 1.94. The Morgan fingerprint density at radius 2 is 2.08 bits per heavy atom. The molecular formula is C11H20O. The summed E-state index contributed by atoms with van der Waals surface area (Å²) in [6.07, 6.45) is 5.38. The fourth-order valence-electron chi connectivity index (χ4n) is 2.36.